The maximum absolute atomic E-state index is 11.9. The molecule has 1 N–H and O–H groups in total. The minimum atomic E-state index is 0.0243. The summed E-state index contributed by atoms with van der Waals surface area (Å²) in [4.78, 5) is 12.9. The van der Waals surface area contributed by atoms with Crippen molar-refractivity contribution in [3.8, 4) is 0 Å². The summed E-state index contributed by atoms with van der Waals surface area (Å²) in [7, 11) is 0. The van der Waals surface area contributed by atoms with Crippen molar-refractivity contribution in [3.05, 3.63) is 42.5 Å². The Morgan fingerprint density at radius 3 is 2.68 bits per heavy atom. The van der Waals surface area contributed by atoms with E-state index < -0.39 is 0 Å². The van der Waals surface area contributed by atoms with Crippen LogP contribution in [0.4, 0.5) is 4.79 Å². The maximum Gasteiger partial charge on any atom is 0.284 e. The molecule has 2 aromatic rings. The van der Waals surface area contributed by atoms with Crippen LogP contribution >= 0.6 is 11.8 Å². The predicted molar refractivity (Wildman–Crippen MR) is 82.7 cm³/mol. The lowest BCUT2D eigenvalue weighted by Crippen LogP contribution is -2.29. The van der Waals surface area contributed by atoms with E-state index in [-0.39, 0.29) is 11.3 Å². The molecule has 0 saturated heterocycles. The number of benzene rings is 2. The van der Waals surface area contributed by atoms with Crippen LogP contribution in [0.5, 0.6) is 0 Å². The van der Waals surface area contributed by atoms with Crippen molar-refractivity contribution in [2.75, 3.05) is 0 Å². The molecule has 1 amide bonds. The molecule has 0 bridgehead atoms. The third-order valence-electron chi connectivity index (χ3n) is 3.02. The summed E-state index contributed by atoms with van der Waals surface area (Å²) in [6.07, 6.45) is 2.10. The van der Waals surface area contributed by atoms with Crippen LogP contribution in [-0.4, -0.2) is 11.3 Å². The highest BCUT2D eigenvalue weighted by Gasteiger charge is 2.08. The number of carbonyl (C=O) groups is 1. The Bertz CT molecular complexity index is 567. The van der Waals surface area contributed by atoms with E-state index in [1.165, 1.54) is 22.5 Å². The molecular formula is C16H19NOS. The van der Waals surface area contributed by atoms with Crippen LogP contribution in [0.1, 0.15) is 26.7 Å². The van der Waals surface area contributed by atoms with Gasteiger partial charge in [0, 0.05) is 10.9 Å². The van der Waals surface area contributed by atoms with E-state index >= 15 is 0 Å². The van der Waals surface area contributed by atoms with E-state index in [1.807, 2.05) is 25.1 Å². The van der Waals surface area contributed by atoms with E-state index in [0.717, 1.165) is 17.7 Å². The quantitative estimate of drug-likeness (QED) is 0.808. The molecule has 2 rings (SSSR count). The molecule has 19 heavy (non-hydrogen) atoms. The van der Waals surface area contributed by atoms with E-state index in [2.05, 4.69) is 36.5 Å². The molecule has 100 valence electrons. The second kappa shape index (κ2) is 6.62. The molecular weight excluding hydrogens is 254 g/mol. The highest BCUT2D eigenvalue weighted by Crippen LogP contribution is 2.24. The molecule has 0 fully saturated rings. The fourth-order valence-electron chi connectivity index (χ4n) is 2.07. The van der Waals surface area contributed by atoms with Gasteiger partial charge in [-0.1, -0.05) is 43.7 Å². The highest BCUT2D eigenvalue weighted by atomic mass is 32.2. The van der Waals surface area contributed by atoms with Gasteiger partial charge in [-0.15, -0.1) is 0 Å². The van der Waals surface area contributed by atoms with Gasteiger partial charge in [0.2, 0.25) is 0 Å². The zero-order chi connectivity index (χ0) is 13.7. The zero-order valence-electron chi connectivity index (χ0n) is 11.3. The van der Waals surface area contributed by atoms with Gasteiger partial charge in [-0.3, -0.25) is 4.79 Å². The fraction of sp³-hybridized carbons (Fsp3) is 0.312. The van der Waals surface area contributed by atoms with Crippen LogP contribution in [0.3, 0.4) is 0 Å². The Kier molecular flexibility index (Phi) is 4.86. The van der Waals surface area contributed by atoms with Crippen molar-refractivity contribution in [2.24, 2.45) is 0 Å². The van der Waals surface area contributed by atoms with Gasteiger partial charge in [0.05, 0.1) is 0 Å². The number of thioether (sulfide) groups is 1. The average Bonchev–Trinajstić information content (AvgIpc) is 2.38. The van der Waals surface area contributed by atoms with E-state index in [1.54, 1.807) is 0 Å². The summed E-state index contributed by atoms with van der Waals surface area (Å²) in [6.45, 7) is 4.17. The molecule has 3 heteroatoms. The van der Waals surface area contributed by atoms with Gasteiger partial charge in [-0.05, 0) is 48.0 Å². The van der Waals surface area contributed by atoms with Gasteiger partial charge in [0.25, 0.3) is 5.24 Å². The van der Waals surface area contributed by atoms with Gasteiger partial charge < -0.3 is 5.32 Å². The molecule has 2 nitrogen and oxygen atoms in total. The number of carbonyl (C=O) groups excluding carboxylic acids is 1. The van der Waals surface area contributed by atoms with E-state index in [9.17, 15) is 4.79 Å². The molecule has 0 aliphatic heterocycles. The summed E-state index contributed by atoms with van der Waals surface area (Å²) in [5.74, 6) is 0. The molecule has 2 aromatic carbocycles. The Balaban J connectivity index is 2.02. The minimum absolute atomic E-state index is 0.0243. The second-order valence-electron chi connectivity index (χ2n) is 4.73. The average molecular weight is 273 g/mol. The monoisotopic (exact) mass is 273 g/mol. The molecule has 0 aliphatic carbocycles. The van der Waals surface area contributed by atoms with E-state index in [4.69, 9.17) is 0 Å². The van der Waals surface area contributed by atoms with Crippen molar-refractivity contribution in [1.29, 1.82) is 0 Å². The fourth-order valence-corrected chi connectivity index (χ4v) is 2.87. The summed E-state index contributed by atoms with van der Waals surface area (Å²) in [5.41, 5.74) is 0. The van der Waals surface area contributed by atoms with Gasteiger partial charge in [0.15, 0.2) is 0 Å². The summed E-state index contributed by atoms with van der Waals surface area (Å²) >= 11 is 1.26. The molecule has 0 radical (unpaired) electrons. The number of rotatable bonds is 4. The lowest BCUT2D eigenvalue weighted by atomic mass is 10.1. The standard InChI is InChI=1S/C16H19NOS/c1-3-6-12(2)17-16(18)19-15-10-9-13-7-4-5-8-14(13)11-15/h4-5,7-12H,3,6H2,1-2H3,(H,17,18). The molecule has 1 atom stereocenters. The molecule has 1 unspecified atom stereocenters. The predicted octanol–water partition coefficient (Wildman–Crippen LogP) is 4.83. The number of hydrogen-bond acceptors (Lipinski definition) is 2. The van der Waals surface area contributed by atoms with Crippen LogP contribution in [0.25, 0.3) is 10.8 Å². The third-order valence-corrected chi connectivity index (χ3v) is 3.81. The van der Waals surface area contributed by atoms with Crippen LogP contribution < -0.4 is 5.32 Å². The number of amides is 1. The smallest absolute Gasteiger partial charge is 0.284 e. The highest BCUT2D eigenvalue weighted by molar-refractivity contribution is 8.13. The van der Waals surface area contributed by atoms with E-state index in [0.29, 0.717) is 0 Å². The Hall–Kier alpha value is -1.48. The summed E-state index contributed by atoms with van der Waals surface area (Å²) in [6, 6.07) is 14.5. The van der Waals surface area contributed by atoms with Crippen molar-refractivity contribution in [2.45, 2.75) is 37.6 Å². The molecule has 0 aromatic heterocycles. The first-order valence-electron chi connectivity index (χ1n) is 6.66. The Morgan fingerprint density at radius 1 is 1.21 bits per heavy atom. The van der Waals surface area contributed by atoms with Crippen molar-refractivity contribution in [3.63, 3.8) is 0 Å². The maximum atomic E-state index is 11.9. The molecule has 0 heterocycles. The van der Waals surface area contributed by atoms with Gasteiger partial charge >= 0.3 is 0 Å². The minimum Gasteiger partial charge on any atom is -0.344 e. The molecule has 0 saturated carbocycles. The first kappa shape index (κ1) is 13.9. The van der Waals surface area contributed by atoms with Crippen molar-refractivity contribution >= 4 is 27.8 Å². The topological polar surface area (TPSA) is 29.1 Å². The normalized spacial score (nSPS) is 12.3. The lowest BCUT2D eigenvalue weighted by molar-refractivity contribution is 0.257. The van der Waals surface area contributed by atoms with Crippen LogP contribution in [0.15, 0.2) is 47.4 Å². The third kappa shape index (κ3) is 4.00. The number of hydrogen-bond donors (Lipinski definition) is 1. The van der Waals surface area contributed by atoms with Gasteiger partial charge in [0.1, 0.15) is 0 Å². The zero-order valence-corrected chi connectivity index (χ0v) is 12.2. The summed E-state index contributed by atoms with van der Waals surface area (Å²) < 4.78 is 0. The van der Waals surface area contributed by atoms with Crippen molar-refractivity contribution < 1.29 is 4.79 Å². The SMILES string of the molecule is CCCC(C)NC(=O)Sc1ccc2ccccc2c1. The number of nitrogens with one attached hydrogen (secondary N) is 1. The van der Waals surface area contributed by atoms with Crippen LogP contribution in [0.2, 0.25) is 0 Å². The largest absolute Gasteiger partial charge is 0.344 e. The van der Waals surface area contributed by atoms with Gasteiger partial charge in [-0.2, -0.15) is 0 Å². The van der Waals surface area contributed by atoms with Crippen LogP contribution in [-0.2, 0) is 0 Å². The molecule has 0 aliphatic rings. The molecule has 0 spiro atoms. The summed E-state index contributed by atoms with van der Waals surface area (Å²) in [5, 5.41) is 5.39. The van der Waals surface area contributed by atoms with Crippen molar-refractivity contribution in [1.82, 2.24) is 5.32 Å². The Labute approximate surface area is 118 Å². The van der Waals surface area contributed by atoms with Gasteiger partial charge in [-0.25, -0.2) is 0 Å². The first-order valence-corrected chi connectivity index (χ1v) is 7.48. The number of fused-ring (bicyclic) bond motifs is 1. The Morgan fingerprint density at radius 2 is 1.95 bits per heavy atom. The lowest BCUT2D eigenvalue weighted by Gasteiger charge is -2.12. The first-order chi connectivity index (χ1) is 9.19. The van der Waals surface area contributed by atoms with Crippen LogP contribution in [0, 0.1) is 0 Å². The second-order valence-corrected chi connectivity index (χ2v) is 5.78.